The molecule has 202 valence electrons. The number of ether oxygens (including phenoxy) is 1. The molecule has 12 heteroatoms. The summed E-state index contributed by atoms with van der Waals surface area (Å²) >= 11 is 0. The van der Waals surface area contributed by atoms with Crippen molar-refractivity contribution in [2.45, 2.75) is 59.1 Å². The maximum atomic E-state index is 13.6. The van der Waals surface area contributed by atoms with Crippen molar-refractivity contribution in [1.82, 2.24) is 29.6 Å². The highest BCUT2D eigenvalue weighted by molar-refractivity contribution is 5.75. The number of alkyl halides is 2. The molecule has 0 spiro atoms. The lowest BCUT2D eigenvalue weighted by molar-refractivity contribution is 0.0240. The Morgan fingerprint density at radius 3 is 2.42 bits per heavy atom. The first-order valence-corrected chi connectivity index (χ1v) is 12.7. The monoisotopic (exact) mass is 526 g/mol. The average molecular weight is 527 g/mol. The summed E-state index contributed by atoms with van der Waals surface area (Å²) in [7, 11) is 0. The minimum atomic E-state index is -2.70. The highest BCUT2D eigenvalue weighted by Gasteiger charge is 2.32. The van der Waals surface area contributed by atoms with Crippen LogP contribution in [0.25, 0.3) is 11.3 Å². The molecule has 1 aliphatic carbocycles. The van der Waals surface area contributed by atoms with Crippen molar-refractivity contribution in [3.05, 3.63) is 41.5 Å². The second-order valence-electron chi connectivity index (χ2n) is 10.8. The molecule has 4 heterocycles. The van der Waals surface area contributed by atoms with E-state index in [2.05, 4.69) is 30.3 Å². The second-order valence-corrected chi connectivity index (χ2v) is 10.8. The lowest BCUT2D eigenvalue weighted by Gasteiger charge is -2.36. The molecule has 10 nitrogen and oxygen atoms in total. The fraction of sp³-hybridized carbons (Fsp3) is 0.500. The molecule has 1 fully saturated rings. The van der Waals surface area contributed by atoms with Gasteiger partial charge < -0.3 is 19.9 Å². The molecule has 0 bridgehead atoms. The summed E-state index contributed by atoms with van der Waals surface area (Å²) in [5.41, 5.74) is 3.68. The number of rotatable bonds is 5. The first-order valence-electron chi connectivity index (χ1n) is 12.7. The summed E-state index contributed by atoms with van der Waals surface area (Å²) in [6, 6.07) is 3.79. The number of piperazine rings is 1. The van der Waals surface area contributed by atoms with Crippen LogP contribution in [0.1, 0.15) is 64.0 Å². The molecule has 1 aliphatic heterocycles. The van der Waals surface area contributed by atoms with E-state index in [1.165, 1.54) is 0 Å². The number of anilines is 3. The van der Waals surface area contributed by atoms with Crippen LogP contribution >= 0.6 is 0 Å². The molecule has 1 saturated heterocycles. The Bertz CT molecular complexity index is 1330. The van der Waals surface area contributed by atoms with E-state index < -0.39 is 12.2 Å². The van der Waals surface area contributed by atoms with E-state index in [-0.39, 0.29) is 12.0 Å². The van der Waals surface area contributed by atoms with Crippen molar-refractivity contribution in [2.75, 3.05) is 36.4 Å². The largest absolute Gasteiger partial charge is 0.444 e. The summed E-state index contributed by atoms with van der Waals surface area (Å²) in [6.07, 6.45) is 3.61. The topological polar surface area (TPSA) is 101 Å². The second kappa shape index (κ2) is 9.80. The van der Waals surface area contributed by atoms with Gasteiger partial charge in [0.1, 0.15) is 11.4 Å². The van der Waals surface area contributed by atoms with Gasteiger partial charge in [-0.05, 0) is 38.8 Å². The summed E-state index contributed by atoms with van der Waals surface area (Å²) in [5.74, 6) is 0.756. The molecule has 1 N–H and O–H groups in total. The minimum absolute atomic E-state index is 0.141. The number of carbonyl (C=O) groups excluding carboxylic acids is 1. The number of nitrogens with zero attached hydrogens (tertiary/aromatic N) is 7. The van der Waals surface area contributed by atoms with Crippen molar-refractivity contribution < 1.29 is 18.3 Å². The molecule has 3 aromatic rings. The highest BCUT2D eigenvalue weighted by Crippen LogP contribution is 2.41. The predicted molar refractivity (Wildman–Crippen MR) is 139 cm³/mol. The van der Waals surface area contributed by atoms with Gasteiger partial charge in [0.05, 0.1) is 29.0 Å². The van der Waals surface area contributed by atoms with Crippen molar-refractivity contribution in [3.8, 4) is 11.3 Å². The zero-order valence-electron chi connectivity index (χ0n) is 22.2. The van der Waals surface area contributed by atoms with Crippen LogP contribution in [0.2, 0.25) is 0 Å². The molecule has 3 aromatic heterocycles. The van der Waals surface area contributed by atoms with E-state index in [1.54, 1.807) is 17.3 Å². The molecule has 38 heavy (non-hydrogen) atoms. The van der Waals surface area contributed by atoms with Crippen LogP contribution in [-0.4, -0.2) is 67.5 Å². The normalized spacial score (nSPS) is 15.2. The summed E-state index contributed by atoms with van der Waals surface area (Å²) < 4.78 is 33.4. The van der Waals surface area contributed by atoms with E-state index >= 15 is 0 Å². The van der Waals surface area contributed by atoms with Gasteiger partial charge in [-0.1, -0.05) is 13.8 Å². The third-order valence-electron chi connectivity index (χ3n) is 6.50. The van der Waals surface area contributed by atoms with Crippen molar-refractivity contribution in [2.24, 2.45) is 0 Å². The van der Waals surface area contributed by atoms with Crippen LogP contribution in [0, 0.1) is 0 Å². The van der Waals surface area contributed by atoms with E-state index in [4.69, 9.17) is 4.74 Å². The van der Waals surface area contributed by atoms with Gasteiger partial charge in [-0.15, -0.1) is 0 Å². The Balaban J connectivity index is 1.26. The molecule has 0 atom stereocenters. The molecule has 2 aliphatic rings. The molecular weight excluding hydrogens is 494 g/mol. The number of aromatic nitrogens is 5. The van der Waals surface area contributed by atoms with Gasteiger partial charge in [-0.2, -0.15) is 13.9 Å². The van der Waals surface area contributed by atoms with Crippen LogP contribution in [-0.2, 0) is 11.2 Å². The Morgan fingerprint density at radius 2 is 1.82 bits per heavy atom. The highest BCUT2D eigenvalue weighted by atomic mass is 19.3. The van der Waals surface area contributed by atoms with Crippen LogP contribution in [0.3, 0.4) is 0 Å². The number of halogens is 2. The number of pyridine rings is 1. The van der Waals surface area contributed by atoms with Crippen molar-refractivity contribution >= 4 is 23.5 Å². The zero-order valence-corrected chi connectivity index (χ0v) is 22.2. The summed E-state index contributed by atoms with van der Waals surface area (Å²) in [4.78, 5) is 29.8. The van der Waals surface area contributed by atoms with Crippen LogP contribution in [0.5, 0.6) is 0 Å². The lowest BCUT2D eigenvalue weighted by Crippen LogP contribution is -2.50. The number of hydrogen-bond donors (Lipinski definition) is 1. The van der Waals surface area contributed by atoms with Crippen molar-refractivity contribution in [3.63, 3.8) is 0 Å². The van der Waals surface area contributed by atoms with E-state index in [1.807, 2.05) is 46.8 Å². The molecule has 5 rings (SSSR count). The molecule has 0 radical (unpaired) electrons. The SMILES string of the molecule is CC(C)c1c2c(nn1C(F)F)Cc1cnc(Nc3ccc(N4CCN(C(=O)OC(C)(C)C)CC4)cn3)nc1-2. The standard InChI is InChI=1S/C26H32F2N8O2/c1-15(2)22-20-18(33-36(22)23(27)28)12-16-13-30-24(32-21(16)20)31-19-7-6-17(14-29-19)34-8-10-35(11-9-34)25(37)38-26(3,4)5/h6-7,13-15,23H,8-12H2,1-5H3,(H,29,30,31,32). The van der Waals surface area contributed by atoms with Crippen molar-refractivity contribution in [1.29, 1.82) is 0 Å². The smallest absolute Gasteiger partial charge is 0.410 e. The average Bonchev–Trinajstić information content (AvgIpc) is 3.40. The molecule has 0 unspecified atom stereocenters. The number of amides is 1. The minimum Gasteiger partial charge on any atom is -0.444 e. The first kappa shape index (κ1) is 25.8. The molecular formula is C26H32F2N8O2. The molecule has 1 amide bonds. The maximum Gasteiger partial charge on any atom is 0.410 e. The Labute approximate surface area is 220 Å². The van der Waals surface area contributed by atoms with Gasteiger partial charge in [0.15, 0.2) is 0 Å². The van der Waals surface area contributed by atoms with Gasteiger partial charge in [0.25, 0.3) is 0 Å². The summed E-state index contributed by atoms with van der Waals surface area (Å²) in [6.45, 7) is 9.11. The zero-order chi connectivity index (χ0) is 27.2. The van der Waals surface area contributed by atoms with Gasteiger partial charge in [0, 0.05) is 49.9 Å². The van der Waals surface area contributed by atoms with Gasteiger partial charge in [0.2, 0.25) is 5.95 Å². The maximum absolute atomic E-state index is 13.6. The van der Waals surface area contributed by atoms with Crippen LogP contribution in [0.15, 0.2) is 24.5 Å². The third-order valence-corrected chi connectivity index (χ3v) is 6.50. The van der Waals surface area contributed by atoms with Gasteiger partial charge >= 0.3 is 12.6 Å². The fourth-order valence-corrected chi connectivity index (χ4v) is 4.81. The molecule has 0 saturated carbocycles. The summed E-state index contributed by atoms with van der Waals surface area (Å²) in [5, 5.41) is 7.28. The number of nitrogens with one attached hydrogen (secondary N) is 1. The quantitative estimate of drug-likeness (QED) is 0.390. The Kier molecular flexibility index (Phi) is 6.66. The number of carbonyl (C=O) groups is 1. The lowest BCUT2D eigenvalue weighted by atomic mass is 10.0. The Morgan fingerprint density at radius 1 is 1.08 bits per heavy atom. The van der Waals surface area contributed by atoms with E-state index in [9.17, 15) is 13.6 Å². The molecule has 0 aromatic carbocycles. The van der Waals surface area contributed by atoms with Gasteiger partial charge in [-0.3, -0.25) is 0 Å². The number of fused-ring (bicyclic) bond motifs is 3. The number of hydrogen-bond acceptors (Lipinski definition) is 8. The third kappa shape index (κ3) is 5.11. The van der Waals surface area contributed by atoms with Gasteiger partial charge in [-0.25, -0.2) is 24.4 Å². The van der Waals surface area contributed by atoms with Crippen LogP contribution < -0.4 is 10.2 Å². The van der Waals surface area contributed by atoms with Crippen LogP contribution in [0.4, 0.5) is 31.0 Å². The Hall–Kier alpha value is -3.83. The predicted octanol–water partition coefficient (Wildman–Crippen LogP) is 4.96. The fourth-order valence-electron chi connectivity index (χ4n) is 4.81. The first-order chi connectivity index (χ1) is 18.0. The van der Waals surface area contributed by atoms with E-state index in [0.29, 0.717) is 67.0 Å². The van der Waals surface area contributed by atoms with E-state index in [0.717, 1.165) is 15.9 Å².